The van der Waals surface area contributed by atoms with Gasteiger partial charge in [-0.1, -0.05) is 29.3 Å². The summed E-state index contributed by atoms with van der Waals surface area (Å²) < 4.78 is 11.8. The van der Waals surface area contributed by atoms with Gasteiger partial charge in [0.2, 0.25) is 0 Å². The molecule has 2 aromatic carbocycles. The Morgan fingerprint density at radius 2 is 2.15 bits per heavy atom. The number of aryl methyl sites for hydroxylation is 1. The number of hydrogen-bond acceptors (Lipinski definition) is 4. The summed E-state index contributed by atoms with van der Waals surface area (Å²) >= 11 is 6.28. The fraction of sp³-hybridized carbons (Fsp3) is 0.429. The molecule has 4 rings (SSSR count). The molecule has 2 aliphatic heterocycles. The summed E-state index contributed by atoms with van der Waals surface area (Å²) in [7, 11) is 0. The summed E-state index contributed by atoms with van der Waals surface area (Å²) in [6.07, 6.45) is 2.20. The van der Waals surface area contributed by atoms with Crippen LogP contribution in [0.2, 0.25) is 5.02 Å². The molecule has 2 aromatic rings. The van der Waals surface area contributed by atoms with Crippen LogP contribution in [0.3, 0.4) is 0 Å². The van der Waals surface area contributed by atoms with Gasteiger partial charge >= 0.3 is 0 Å². The summed E-state index contributed by atoms with van der Waals surface area (Å²) in [5, 5.41) is 14.2. The lowest BCUT2D eigenvalue weighted by molar-refractivity contribution is -0.0381. The Morgan fingerprint density at radius 3 is 2.96 bits per heavy atom. The average Bonchev–Trinajstić information content (AvgIpc) is 2.65. The molecule has 0 bridgehead atoms. The van der Waals surface area contributed by atoms with Gasteiger partial charge < -0.3 is 19.9 Å². The van der Waals surface area contributed by atoms with Gasteiger partial charge in [-0.25, -0.2) is 0 Å². The zero-order chi connectivity index (χ0) is 18.3. The molecule has 0 amide bonds. The third-order valence-corrected chi connectivity index (χ3v) is 5.62. The largest absolute Gasteiger partial charge is 0.503 e. The molecule has 4 nitrogen and oxygen atoms in total. The van der Waals surface area contributed by atoms with E-state index in [4.69, 9.17) is 21.1 Å². The molecule has 2 aliphatic rings. The number of halogens is 1. The number of phenolic OH excluding ortho intramolecular Hbond substituents is 1. The second kappa shape index (κ2) is 7.01. The van der Waals surface area contributed by atoms with E-state index >= 15 is 0 Å². The Kier molecular flexibility index (Phi) is 4.72. The van der Waals surface area contributed by atoms with Crippen molar-refractivity contribution in [1.82, 2.24) is 0 Å². The molecule has 0 saturated carbocycles. The summed E-state index contributed by atoms with van der Waals surface area (Å²) in [4.78, 5) is 0. The first-order valence-electron chi connectivity index (χ1n) is 9.22. The molecule has 0 radical (unpaired) electrons. The molecule has 0 aromatic heterocycles. The topological polar surface area (TPSA) is 50.7 Å². The number of anilines is 1. The second-order valence-electron chi connectivity index (χ2n) is 7.09. The van der Waals surface area contributed by atoms with Crippen molar-refractivity contribution in [2.24, 2.45) is 5.92 Å². The van der Waals surface area contributed by atoms with Crippen LogP contribution in [0, 0.1) is 12.8 Å². The highest BCUT2D eigenvalue weighted by Gasteiger charge is 2.40. The first-order chi connectivity index (χ1) is 12.6. The number of aromatic hydroxyl groups is 1. The zero-order valence-electron chi connectivity index (χ0n) is 15.1. The Balaban J connectivity index is 1.78. The maximum absolute atomic E-state index is 10.2. The highest BCUT2D eigenvalue weighted by Crippen LogP contribution is 2.50. The molecule has 26 heavy (non-hydrogen) atoms. The van der Waals surface area contributed by atoms with Gasteiger partial charge in [0.1, 0.15) is 0 Å². The number of fused-ring (bicyclic) bond motifs is 3. The predicted molar refractivity (Wildman–Crippen MR) is 103 cm³/mol. The standard InChI is InChI=1S/C21H24ClNO3/c1-3-25-18-11-13(10-16(22)20(18)24)19-14-5-4-8-26-21(14)15-9-12(2)6-7-17(15)23-19/h6-7,9-11,14,19,21,23-24H,3-5,8H2,1-2H3/t14-,19+,21-/m0/s1. The SMILES string of the molecule is CCOc1cc([C@H]2Nc3ccc(C)cc3[C@H]3OCCC[C@@H]23)cc(Cl)c1O. The molecular formula is C21H24ClNO3. The molecule has 2 N–H and O–H groups in total. The van der Waals surface area contributed by atoms with Gasteiger partial charge in [-0.2, -0.15) is 0 Å². The van der Waals surface area contributed by atoms with Crippen molar-refractivity contribution in [1.29, 1.82) is 0 Å². The number of hydrogen-bond donors (Lipinski definition) is 2. The van der Waals surface area contributed by atoms with E-state index in [1.165, 1.54) is 11.1 Å². The van der Waals surface area contributed by atoms with Gasteiger partial charge in [0.15, 0.2) is 11.5 Å². The molecule has 2 heterocycles. The first kappa shape index (κ1) is 17.5. The van der Waals surface area contributed by atoms with Crippen LogP contribution in [0.1, 0.15) is 48.6 Å². The van der Waals surface area contributed by atoms with Crippen LogP contribution in [0.5, 0.6) is 11.5 Å². The molecule has 138 valence electrons. The molecule has 0 aliphatic carbocycles. The van der Waals surface area contributed by atoms with E-state index in [0.717, 1.165) is 30.7 Å². The van der Waals surface area contributed by atoms with Crippen LogP contribution >= 0.6 is 11.6 Å². The number of ether oxygens (including phenoxy) is 2. The molecule has 1 saturated heterocycles. The van der Waals surface area contributed by atoms with Crippen LogP contribution in [0.15, 0.2) is 30.3 Å². The number of benzene rings is 2. The smallest absolute Gasteiger partial charge is 0.176 e. The molecule has 1 fully saturated rings. The van der Waals surface area contributed by atoms with E-state index in [-0.39, 0.29) is 17.9 Å². The lowest BCUT2D eigenvalue weighted by atomic mass is 9.77. The van der Waals surface area contributed by atoms with Crippen LogP contribution in [0.25, 0.3) is 0 Å². The van der Waals surface area contributed by atoms with E-state index < -0.39 is 0 Å². The maximum atomic E-state index is 10.2. The average molecular weight is 374 g/mol. The Morgan fingerprint density at radius 1 is 1.31 bits per heavy atom. The molecular weight excluding hydrogens is 350 g/mol. The number of rotatable bonds is 3. The van der Waals surface area contributed by atoms with Gasteiger partial charge in [-0.15, -0.1) is 0 Å². The van der Waals surface area contributed by atoms with E-state index in [1.807, 2.05) is 19.1 Å². The lowest BCUT2D eigenvalue weighted by Crippen LogP contribution is -2.36. The van der Waals surface area contributed by atoms with Crippen LogP contribution in [-0.2, 0) is 4.74 Å². The monoisotopic (exact) mass is 373 g/mol. The van der Waals surface area contributed by atoms with Crippen molar-refractivity contribution in [2.75, 3.05) is 18.5 Å². The van der Waals surface area contributed by atoms with Crippen molar-refractivity contribution in [3.8, 4) is 11.5 Å². The minimum Gasteiger partial charge on any atom is -0.503 e. The minimum atomic E-state index is 0.000505. The summed E-state index contributed by atoms with van der Waals surface area (Å²) in [5.41, 5.74) is 4.60. The molecule has 0 spiro atoms. The fourth-order valence-corrected chi connectivity index (χ4v) is 4.38. The van der Waals surface area contributed by atoms with Crippen LogP contribution in [-0.4, -0.2) is 18.3 Å². The third kappa shape index (κ3) is 3.01. The van der Waals surface area contributed by atoms with Gasteiger partial charge in [-0.05, 0) is 50.5 Å². The zero-order valence-corrected chi connectivity index (χ0v) is 15.8. The van der Waals surface area contributed by atoms with Crippen LogP contribution in [0.4, 0.5) is 5.69 Å². The minimum absolute atomic E-state index is 0.000505. The van der Waals surface area contributed by atoms with Crippen molar-refractivity contribution in [3.05, 3.63) is 52.0 Å². The molecule has 5 heteroatoms. The highest BCUT2D eigenvalue weighted by atomic mass is 35.5. The molecule has 0 unspecified atom stereocenters. The van der Waals surface area contributed by atoms with Gasteiger partial charge in [0.05, 0.1) is 23.8 Å². The van der Waals surface area contributed by atoms with E-state index in [2.05, 4.69) is 30.4 Å². The van der Waals surface area contributed by atoms with Crippen molar-refractivity contribution in [2.45, 2.75) is 38.8 Å². The van der Waals surface area contributed by atoms with E-state index in [1.54, 1.807) is 0 Å². The summed E-state index contributed by atoms with van der Waals surface area (Å²) in [6, 6.07) is 10.2. The number of phenols is 1. The van der Waals surface area contributed by atoms with Gasteiger partial charge in [0, 0.05) is 23.8 Å². The fourth-order valence-electron chi connectivity index (χ4n) is 4.16. The predicted octanol–water partition coefficient (Wildman–Crippen LogP) is 5.39. The van der Waals surface area contributed by atoms with Crippen molar-refractivity contribution in [3.63, 3.8) is 0 Å². The maximum Gasteiger partial charge on any atom is 0.176 e. The van der Waals surface area contributed by atoms with Crippen LogP contribution < -0.4 is 10.1 Å². The Bertz CT molecular complexity index is 823. The lowest BCUT2D eigenvalue weighted by Gasteiger charge is -2.43. The number of nitrogens with one attached hydrogen (secondary N) is 1. The Labute approximate surface area is 159 Å². The van der Waals surface area contributed by atoms with Gasteiger partial charge in [0.25, 0.3) is 0 Å². The van der Waals surface area contributed by atoms with E-state index in [0.29, 0.717) is 23.3 Å². The van der Waals surface area contributed by atoms with Crippen molar-refractivity contribution >= 4 is 17.3 Å². The highest BCUT2D eigenvalue weighted by molar-refractivity contribution is 6.32. The molecule has 3 atom stereocenters. The quantitative estimate of drug-likeness (QED) is 0.757. The van der Waals surface area contributed by atoms with Crippen molar-refractivity contribution < 1.29 is 14.6 Å². The summed E-state index contributed by atoms with van der Waals surface area (Å²) in [6.45, 7) is 5.27. The third-order valence-electron chi connectivity index (χ3n) is 5.33. The van der Waals surface area contributed by atoms with Gasteiger partial charge in [-0.3, -0.25) is 0 Å². The Hall–Kier alpha value is -1.91. The normalized spacial score (nSPS) is 24.3. The van der Waals surface area contributed by atoms with E-state index in [9.17, 15) is 5.11 Å². The summed E-state index contributed by atoms with van der Waals surface area (Å²) in [5.74, 6) is 0.744. The first-order valence-corrected chi connectivity index (χ1v) is 9.60. The second-order valence-corrected chi connectivity index (χ2v) is 7.50.